The molecule has 116 valence electrons. The Bertz CT molecular complexity index is 818. The zero-order valence-electron chi connectivity index (χ0n) is 12.0. The third-order valence-corrected chi connectivity index (χ3v) is 4.00. The molecule has 23 heavy (non-hydrogen) atoms. The van der Waals surface area contributed by atoms with Gasteiger partial charge in [-0.25, -0.2) is 4.39 Å². The average Bonchev–Trinajstić information content (AvgIpc) is 2.85. The molecule has 0 radical (unpaired) electrons. The molecule has 0 saturated carbocycles. The Morgan fingerprint density at radius 3 is 2.65 bits per heavy atom. The second kappa shape index (κ2) is 6.66. The van der Waals surface area contributed by atoms with Crippen LogP contribution in [0.5, 0.6) is 5.75 Å². The number of hydrogen-bond acceptors (Lipinski definition) is 4. The maximum Gasteiger partial charge on any atom is 0.286 e. The van der Waals surface area contributed by atoms with Gasteiger partial charge in [-0.15, -0.1) is 0 Å². The fourth-order valence-electron chi connectivity index (χ4n) is 2.07. The fraction of sp³-hybridized carbons (Fsp3) is 0.0588. The maximum absolute atomic E-state index is 13.6. The lowest BCUT2D eigenvalue weighted by Gasteiger charge is -2.10. The van der Waals surface area contributed by atoms with Gasteiger partial charge in [0.25, 0.3) is 5.91 Å². The molecule has 2 aromatic carbocycles. The second-order valence-electron chi connectivity index (χ2n) is 4.78. The highest BCUT2D eigenvalue weighted by molar-refractivity contribution is 8.18. The lowest BCUT2D eigenvalue weighted by atomic mass is 10.2. The number of carbonyl (C=O) groups excluding carboxylic acids is 1. The van der Waals surface area contributed by atoms with Crippen LogP contribution < -0.4 is 10.5 Å². The van der Waals surface area contributed by atoms with Crippen molar-refractivity contribution in [3.63, 3.8) is 0 Å². The molecule has 0 aliphatic carbocycles. The number of ether oxygens (including phenoxy) is 1. The molecule has 4 nitrogen and oxygen atoms in total. The Kier molecular flexibility index (Phi) is 4.43. The van der Waals surface area contributed by atoms with Crippen LogP contribution in [0.1, 0.15) is 11.1 Å². The zero-order chi connectivity index (χ0) is 16.2. The molecular formula is C17H13FN2O2S. The van der Waals surface area contributed by atoms with E-state index in [1.54, 1.807) is 30.3 Å². The number of rotatable bonds is 4. The largest absolute Gasteiger partial charge is 0.488 e. The van der Waals surface area contributed by atoms with Gasteiger partial charge in [0.1, 0.15) is 18.2 Å². The maximum atomic E-state index is 13.6. The minimum Gasteiger partial charge on any atom is -0.488 e. The smallest absolute Gasteiger partial charge is 0.286 e. The van der Waals surface area contributed by atoms with Gasteiger partial charge in [-0.3, -0.25) is 4.79 Å². The molecular weight excluding hydrogens is 315 g/mol. The topological polar surface area (TPSA) is 64.7 Å². The van der Waals surface area contributed by atoms with E-state index in [4.69, 9.17) is 10.5 Å². The van der Waals surface area contributed by atoms with Crippen LogP contribution in [-0.2, 0) is 11.4 Å². The van der Waals surface area contributed by atoms with Crippen LogP contribution in [0, 0.1) is 5.82 Å². The fourth-order valence-corrected chi connectivity index (χ4v) is 2.74. The molecule has 0 bridgehead atoms. The van der Waals surface area contributed by atoms with E-state index >= 15 is 0 Å². The summed E-state index contributed by atoms with van der Waals surface area (Å²) >= 11 is 1.12. The molecule has 0 saturated heterocycles. The number of para-hydroxylation sites is 1. The van der Waals surface area contributed by atoms with E-state index in [1.165, 1.54) is 6.07 Å². The molecule has 6 heteroatoms. The molecule has 1 amide bonds. The molecule has 1 aliphatic rings. The molecule has 2 aromatic rings. The van der Waals surface area contributed by atoms with Crippen LogP contribution in [0.3, 0.4) is 0 Å². The van der Waals surface area contributed by atoms with Crippen molar-refractivity contribution in [2.75, 3.05) is 0 Å². The van der Waals surface area contributed by atoms with Gasteiger partial charge in [0, 0.05) is 11.1 Å². The van der Waals surface area contributed by atoms with Crippen molar-refractivity contribution >= 4 is 28.9 Å². The van der Waals surface area contributed by atoms with Crippen molar-refractivity contribution in [1.29, 1.82) is 0 Å². The summed E-state index contributed by atoms with van der Waals surface area (Å²) in [6.07, 6.45) is 1.67. The Hall–Kier alpha value is -2.60. The summed E-state index contributed by atoms with van der Waals surface area (Å²) in [4.78, 5) is 15.8. The Morgan fingerprint density at radius 2 is 1.91 bits per heavy atom. The molecule has 0 aromatic heterocycles. The first-order valence-corrected chi connectivity index (χ1v) is 7.68. The van der Waals surface area contributed by atoms with Crippen molar-refractivity contribution in [3.05, 3.63) is 70.4 Å². The first-order valence-electron chi connectivity index (χ1n) is 6.87. The van der Waals surface area contributed by atoms with Crippen LogP contribution in [0.15, 0.2) is 58.4 Å². The summed E-state index contributed by atoms with van der Waals surface area (Å²) in [5, 5.41) is 0.228. The van der Waals surface area contributed by atoms with Crippen LogP contribution in [0.25, 0.3) is 6.08 Å². The minimum atomic E-state index is -0.364. The highest BCUT2D eigenvalue weighted by atomic mass is 32.2. The van der Waals surface area contributed by atoms with Crippen molar-refractivity contribution in [2.24, 2.45) is 10.7 Å². The molecule has 3 rings (SSSR count). The van der Waals surface area contributed by atoms with Crippen LogP contribution >= 0.6 is 11.8 Å². The first-order chi connectivity index (χ1) is 11.1. The lowest BCUT2D eigenvalue weighted by molar-refractivity contribution is -0.113. The number of nitrogens with zero attached hydrogens (tertiary/aromatic N) is 1. The number of thioether (sulfide) groups is 1. The van der Waals surface area contributed by atoms with E-state index in [1.807, 2.05) is 18.2 Å². The van der Waals surface area contributed by atoms with E-state index < -0.39 is 0 Å². The predicted molar refractivity (Wildman–Crippen MR) is 89.4 cm³/mol. The standard InChI is InChI=1S/C17H13FN2O2S/c18-13-7-3-1-6-12(13)10-22-14-8-4-2-5-11(14)9-15-16(21)20-17(19)23-15/h1-9H,10H2,(H2,19,20,21). The monoisotopic (exact) mass is 328 g/mol. The predicted octanol–water partition coefficient (Wildman–Crippen LogP) is 3.33. The van der Waals surface area contributed by atoms with Crippen LogP contribution in [0.2, 0.25) is 0 Å². The van der Waals surface area contributed by atoms with Gasteiger partial charge < -0.3 is 10.5 Å². The average molecular weight is 328 g/mol. The van der Waals surface area contributed by atoms with E-state index in [-0.39, 0.29) is 23.5 Å². The van der Waals surface area contributed by atoms with Gasteiger partial charge >= 0.3 is 0 Å². The number of aliphatic imine (C=N–C) groups is 1. The SMILES string of the molecule is NC1=NC(=O)C(=Cc2ccccc2OCc2ccccc2F)S1. The van der Waals surface area contributed by atoms with Crippen molar-refractivity contribution in [3.8, 4) is 5.75 Å². The summed E-state index contributed by atoms with van der Waals surface area (Å²) in [5.41, 5.74) is 6.72. The second-order valence-corrected chi connectivity index (χ2v) is 5.85. The Balaban J connectivity index is 1.80. The Labute approximate surface area is 136 Å². The van der Waals surface area contributed by atoms with Crippen LogP contribution in [-0.4, -0.2) is 11.1 Å². The lowest BCUT2D eigenvalue weighted by Crippen LogP contribution is -2.01. The third-order valence-electron chi connectivity index (χ3n) is 3.18. The van der Waals surface area contributed by atoms with Gasteiger partial charge in [-0.05, 0) is 30.0 Å². The number of halogens is 1. The molecule has 1 aliphatic heterocycles. The van der Waals surface area contributed by atoms with E-state index in [0.717, 1.165) is 11.8 Å². The van der Waals surface area contributed by atoms with Crippen LogP contribution in [0.4, 0.5) is 4.39 Å². The van der Waals surface area contributed by atoms with Crippen molar-refractivity contribution in [1.82, 2.24) is 0 Å². The van der Waals surface area contributed by atoms with Crippen molar-refractivity contribution < 1.29 is 13.9 Å². The highest BCUT2D eigenvalue weighted by Crippen LogP contribution is 2.30. The number of nitrogens with two attached hydrogens (primary N) is 1. The summed E-state index contributed by atoms with van der Waals surface area (Å²) in [6.45, 7) is 0.104. The molecule has 2 N–H and O–H groups in total. The number of carbonyl (C=O) groups is 1. The molecule has 0 fully saturated rings. The number of benzene rings is 2. The highest BCUT2D eigenvalue weighted by Gasteiger charge is 2.20. The molecule has 0 unspecified atom stereocenters. The first kappa shape index (κ1) is 15.3. The summed E-state index contributed by atoms with van der Waals surface area (Å²) in [6, 6.07) is 13.7. The summed E-state index contributed by atoms with van der Waals surface area (Å²) in [7, 11) is 0. The van der Waals surface area contributed by atoms with Gasteiger partial charge in [0.15, 0.2) is 5.17 Å². The van der Waals surface area contributed by atoms with Gasteiger partial charge in [-0.2, -0.15) is 4.99 Å². The van der Waals surface area contributed by atoms with Gasteiger partial charge in [0.05, 0.1) is 4.91 Å². The van der Waals surface area contributed by atoms with E-state index in [0.29, 0.717) is 21.8 Å². The number of hydrogen-bond donors (Lipinski definition) is 1. The normalized spacial score (nSPS) is 15.8. The Morgan fingerprint density at radius 1 is 1.17 bits per heavy atom. The van der Waals surface area contributed by atoms with Gasteiger partial charge in [0.2, 0.25) is 0 Å². The summed E-state index contributed by atoms with van der Waals surface area (Å²) < 4.78 is 19.3. The van der Waals surface area contributed by atoms with E-state index in [9.17, 15) is 9.18 Å². The molecule has 0 atom stereocenters. The summed E-state index contributed by atoms with van der Waals surface area (Å²) in [5.74, 6) is -0.121. The molecule has 0 spiro atoms. The zero-order valence-corrected chi connectivity index (χ0v) is 12.8. The van der Waals surface area contributed by atoms with E-state index in [2.05, 4.69) is 4.99 Å². The van der Waals surface area contributed by atoms with Crippen molar-refractivity contribution in [2.45, 2.75) is 6.61 Å². The quantitative estimate of drug-likeness (QED) is 0.874. The molecule has 1 heterocycles. The number of amidine groups is 1. The number of amides is 1. The van der Waals surface area contributed by atoms with Gasteiger partial charge in [-0.1, -0.05) is 36.4 Å². The minimum absolute atomic E-state index is 0.104. The third kappa shape index (κ3) is 3.60.